The molecule has 0 aromatic carbocycles. The van der Waals surface area contributed by atoms with E-state index in [0.717, 1.165) is 30.9 Å². The number of anilines is 2. The van der Waals surface area contributed by atoms with E-state index < -0.39 is 0 Å². The highest BCUT2D eigenvalue weighted by Crippen LogP contribution is 2.12. The Kier molecular flexibility index (Phi) is 4.17. The third kappa shape index (κ3) is 3.48. The van der Waals surface area contributed by atoms with Gasteiger partial charge in [0.15, 0.2) is 0 Å². The summed E-state index contributed by atoms with van der Waals surface area (Å²) in [6.45, 7) is 3.85. The van der Waals surface area contributed by atoms with Crippen LogP contribution in [0.25, 0.3) is 0 Å². The Morgan fingerprint density at radius 2 is 1.94 bits per heavy atom. The number of nitrogens with zero attached hydrogens (tertiary/aromatic N) is 3. The Bertz CT molecular complexity index is 492. The Morgan fingerprint density at radius 1 is 1.17 bits per heavy atom. The van der Waals surface area contributed by atoms with Crippen LogP contribution in [0.15, 0.2) is 30.9 Å². The highest BCUT2D eigenvalue weighted by molar-refractivity contribution is 5.53. The molecule has 2 heterocycles. The molecule has 2 N–H and O–H groups in total. The zero-order valence-corrected chi connectivity index (χ0v) is 10.8. The van der Waals surface area contributed by atoms with Gasteiger partial charge < -0.3 is 10.6 Å². The van der Waals surface area contributed by atoms with Gasteiger partial charge in [0.25, 0.3) is 0 Å². The van der Waals surface area contributed by atoms with E-state index in [0.29, 0.717) is 0 Å². The van der Waals surface area contributed by atoms with Gasteiger partial charge >= 0.3 is 0 Å². The van der Waals surface area contributed by atoms with E-state index in [1.54, 1.807) is 0 Å². The standard InChI is InChI=1S/C13H19N5/c1-3-15-12-6-13(9-14-8-12)16-5-4-11-7-17-18(2)10-11/h6-10,15-16H,3-5H2,1-2H3. The van der Waals surface area contributed by atoms with Gasteiger partial charge in [0.1, 0.15) is 0 Å². The second-order valence-corrected chi connectivity index (χ2v) is 4.19. The van der Waals surface area contributed by atoms with Crippen LogP contribution in [0.3, 0.4) is 0 Å². The van der Waals surface area contributed by atoms with Crippen LogP contribution >= 0.6 is 0 Å². The van der Waals surface area contributed by atoms with E-state index in [1.807, 2.05) is 36.5 Å². The molecule has 18 heavy (non-hydrogen) atoms. The van der Waals surface area contributed by atoms with E-state index in [9.17, 15) is 0 Å². The second-order valence-electron chi connectivity index (χ2n) is 4.19. The first-order chi connectivity index (χ1) is 8.78. The van der Waals surface area contributed by atoms with Gasteiger partial charge in [0.2, 0.25) is 0 Å². The van der Waals surface area contributed by atoms with E-state index in [2.05, 4.69) is 33.7 Å². The maximum atomic E-state index is 4.19. The van der Waals surface area contributed by atoms with Gasteiger partial charge in [-0.05, 0) is 25.0 Å². The normalized spacial score (nSPS) is 10.3. The quantitative estimate of drug-likeness (QED) is 0.816. The maximum Gasteiger partial charge on any atom is 0.0547 e. The molecule has 0 fully saturated rings. The number of aromatic nitrogens is 3. The van der Waals surface area contributed by atoms with Crippen LogP contribution in [0.1, 0.15) is 12.5 Å². The molecule has 2 rings (SSSR count). The van der Waals surface area contributed by atoms with Gasteiger partial charge in [-0.1, -0.05) is 0 Å². The van der Waals surface area contributed by atoms with Crippen molar-refractivity contribution in [3.8, 4) is 0 Å². The summed E-state index contributed by atoms with van der Waals surface area (Å²) in [5.74, 6) is 0. The lowest BCUT2D eigenvalue weighted by atomic mass is 10.2. The zero-order valence-electron chi connectivity index (χ0n) is 10.8. The molecule has 0 amide bonds. The number of hydrogen-bond donors (Lipinski definition) is 2. The van der Waals surface area contributed by atoms with Crippen LogP contribution in [0.2, 0.25) is 0 Å². The number of rotatable bonds is 6. The molecule has 0 radical (unpaired) electrons. The second kappa shape index (κ2) is 6.05. The van der Waals surface area contributed by atoms with Gasteiger partial charge in [-0.15, -0.1) is 0 Å². The molecule has 0 spiro atoms. The summed E-state index contributed by atoms with van der Waals surface area (Å²) in [5.41, 5.74) is 3.32. The summed E-state index contributed by atoms with van der Waals surface area (Å²) in [6, 6.07) is 2.07. The minimum atomic E-state index is 0.878. The largest absolute Gasteiger partial charge is 0.384 e. The summed E-state index contributed by atoms with van der Waals surface area (Å²) >= 11 is 0. The molecular weight excluding hydrogens is 226 g/mol. The van der Waals surface area contributed by atoms with Gasteiger partial charge in [0, 0.05) is 26.3 Å². The molecule has 0 bridgehead atoms. The Balaban J connectivity index is 1.84. The van der Waals surface area contributed by atoms with Crippen LogP contribution in [-0.4, -0.2) is 27.9 Å². The first kappa shape index (κ1) is 12.4. The SMILES string of the molecule is CCNc1cncc(NCCc2cnn(C)c2)c1. The Labute approximate surface area is 107 Å². The van der Waals surface area contributed by atoms with Crippen molar-refractivity contribution in [3.63, 3.8) is 0 Å². The zero-order chi connectivity index (χ0) is 12.8. The number of hydrogen-bond acceptors (Lipinski definition) is 4. The van der Waals surface area contributed by atoms with Crippen LogP contribution in [-0.2, 0) is 13.5 Å². The van der Waals surface area contributed by atoms with E-state index in [4.69, 9.17) is 0 Å². The fourth-order valence-electron chi connectivity index (χ4n) is 1.79. The van der Waals surface area contributed by atoms with E-state index >= 15 is 0 Å². The summed E-state index contributed by atoms with van der Waals surface area (Å²) in [7, 11) is 1.93. The van der Waals surface area contributed by atoms with Gasteiger partial charge in [-0.2, -0.15) is 5.10 Å². The first-order valence-electron chi connectivity index (χ1n) is 6.18. The van der Waals surface area contributed by atoms with Crippen LogP contribution in [0, 0.1) is 0 Å². The molecule has 0 aliphatic heterocycles. The van der Waals surface area contributed by atoms with Crippen molar-refractivity contribution in [2.75, 3.05) is 23.7 Å². The highest BCUT2D eigenvalue weighted by atomic mass is 15.2. The van der Waals surface area contributed by atoms with Gasteiger partial charge in [-0.3, -0.25) is 9.67 Å². The van der Waals surface area contributed by atoms with Gasteiger partial charge in [0.05, 0.1) is 30.0 Å². The smallest absolute Gasteiger partial charge is 0.0547 e. The minimum absolute atomic E-state index is 0.878. The molecule has 96 valence electrons. The fourth-order valence-corrected chi connectivity index (χ4v) is 1.79. The lowest BCUT2D eigenvalue weighted by Crippen LogP contribution is -2.05. The molecule has 0 saturated carbocycles. The van der Waals surface area contributed by atoms with Crippen LogP contribution < -0.4 is 10.6 Å². The summed E-state index contributed by atoms with van der Waals surface area (Å²) in [6.07, 6.45) is 8.56. The average molecular weight is 245 g/mol. The van der Waals surface area contributed by atoms with E-state index in [-0.39, 0.29) is 0 Å². The van der Waals surface area contributed by atoms with Crippen molar-refractivity contribution < 1.29 is 0 Å². The highest BCUT2D eigenvalue weighted by Gasteiger charge is 1.98. The predicted octanol–water partition coefficient (Wildman–Crippen LogP) is 1.90. The molecule has 0 saturated heterocycles. The van der Waals surface area contributed by atoms with Crippen molar-refractivity contribution in [1.29, 1.82) is 0 Å². The monoisotopic (exact) mass is 245 g/mol. The summed E-state index contributed by atoms with van der Waals surface area (Å²) < 4.78 is 1.82. The lowest BCUT2D eigenvalue weighted by molar-refractivity contribution is 0.767. The van der Waals surface area contributed by atoms with Crippen molar-refractivity contribution in [1.82, 2.24) is 14.8 Å². The third-order valence-electron chi connectivity index (χ3n) is 2.62. The lowest BCUT2D eigenvalue weighted by Gasteiger charge is -2.07. The number of nitrogens with one attached hydrogen (secondary N) is 2. The van der Waals surface area contributed by atoms with Gasteiger partial charge in [-0.25, -0.2) is 0 Å². The van der Waals surface area contributed by atoms with Crippen molar-refractivity contribution in [2.45, 2.75) is 13.3 Å². The van der Waals surface area contributed by atoms with Crippen molar-refractivity contribution in [3.05, 3.63) is 36.4 Å². The molecule has 0 aliphatic carbocycles. The topological polar surface area (TPSA) is 54.8 Å². The van der Waals surface area contributed by atoms with E-state index in [1.165, 1.54) is 5.56 Å². The average Bonchev–Trinajstić information content (AvgIpc) is 2.76. The molecule has 2 aromatic heterocycles. The molecular formula is C13H19N5. The summed E-state index contributed by atoms with van der Waals surface area (Å²) in [4.78, 5) is 4.19. The number of pyridine rings is 1. The molecule has 5 heteroatoms. The Morgan fingerprint density at radius 3 is 2.61 bits per heavy atom. The minimum Gasteiger partial charge on any atom is -0.384 e. The van der Waals surface area contributed by atoms with Crippen LogP contribution in [0.4, 0.5) is 11.4 Å². The maximum absolute atomic E-state index is 4.19. The fraction of sp³-hybridized carbons (Fsp3) is 0.385. The molecule has 5 nitrogen and oxygen atoms in total. The third-order valence-corrected chi connectivity index (χ3v) is 2.62. The van der Waals surface area contributed by atoms with Crippen molar-refractivity contribution in [2.24, 2.45) is 7.05 Å². The van der Waals surface area contributed by atoms with Crippen molar-refractivity contribution >= 4 is 11.4 Å². The Hall–Kier alpha value is -2.04. The summed E-state index contributed by atoms with van der Waals surface area (Å²) in [5, 5.41) is 10.8. The molecule has 0 aliphatic rings. The first-order valence-corrected chi connectivity index (χ1v) is 6.18. The molecule has 0 atom stereocenters. The molecule has 2 aromatic rings. The number of aryl methyl sites for hydroxylation is 1. The molecule has 0 unspecified atom stereocenters. The van der Waals surface area contributed by atoms with Crippen LogP contribution in [0.5, 0.6) is 0 Å². The predicted molar refractivity (Wildman–Crippen MR) is 73.8 cm³/mol.